The molecule has 0 radical (unpaired) electrons. The maximum Gasteiger partial charge on any atom is 0.0462 e. The van der Waals surface area contributed by atoms with E-state index in [9.17, 15) is 0 Å². The van der Waals surface area contributed by atoms with Gasteiger partial charge in [0.2, 0.25) is 0 Å². The Morgan fingerprint density at radius 2 is 0.857 bits per heavy atom. The Balaban J connectivity index is 1.57. The molecular formula is C34H29N. The summed E-state index contributed by atoms with van der Waals surface area (Å²) in [5, 5.41) is 0. The number of anilines is 3. The minimum atomic E-state index is 1.13. The van der Waals surface area contributed by atoms with Gasteiger partial charge in [0.25, 0.3) is 0 Å². The molecule has 0 heterocycles. The lowest BCUT2D eigenvalue weighted by Crippen LogP contribution is -2.10. The van der Waals surface area contributed by atoms with Crippen LogP contribution in [0.2, 0.25) is 0 Å². The fourth-order valence-corrected chi connectivity index (χ4v) is 4.29. The van der Waals surface area contributed by atoms with E-state index in [1.54, 1.807) is 0 Å². The average Bonchev–Trinajstić information content (AvgIpc) is 2.91. The van der Waals surface area contributed by atoms with Gasteiger partial charge < -0.3 is 4.90 Å². The quantitative estimate of drug-likeness (QED) is 0.232. The van der Waals surface area contributed by atoms with Gasteiger partial charge in [-0.25, -0.2) is 0 Å². The van der Waals surface area contributed by atoms with Crippen LogP contribution >= 0.6 is 0 Å². The second-order valence-electron chi connectivity index (χ2n) is 8.89. The molecule has 5 aromatic carbocycles. The number of hydrogen-bond acceptors (Lipinski definition) is 1. The van der Waals surface area contributed by atoms with Gasteiger partial charge in [-0.2, -0.15) is 0 Å². The van der Waals surface area contributed by atoms with Crippen LogP contribution in [0.4, 0.5) is 17.1 Å². The highest BCUT2D eigenvalue weighted by atomic mass is 15.1. The zero-order valence-electron chi connectivity index (χ0n) is 20.2. The first-order valence-electron chi connectivity index (χ1n) is 12.0. The van der Waals surface area contributed by atoms with Crippen molar-refractivity contribution in [1.29, 1.82) is 0 Å². The first-order valence-corrected chi connectivity index (χ1v) is 12.0. The highest BCUT2D eigenvalue weighted by Crippen LogP contribution is 2.36. The minimum Gasteiger partial charge on any atom is -0.311 e. The molecule has 0 atom stereocenters. The van der Waals surface area contributed by atoms with E-state index in [1.807, 2.05) is 0 Å². The average molecular weight is 452 g/mol. The van der Waals surface area contributed by atoms with Crippen molar-refractivity contribution in [2.45, 2.75) is 13.8 Å². The molecule has 0 aliphatic heterocycles. The SMILES string of the molecule is Cc1ccc(N(c2ccc(C)cc2)c2ccc(C(=Cc3ccccc3)c3ccccc3)cc2)cc1. The highest BCUT2D eigenvalue weighted by molar-refractivity contribution is 5.92. The van der Waals surface area contributed by atoms with Crippen molar-refractivity contribution >= 4 is 28.7 Å². The van der Waals surface area contributed by atoms with Gasteiger partial charge in [0.15, 0.2) is 0 Å². The Bertz CT molecular complexity index is 1350. The molecule has 170 valence electrons. The lowest BCUT2D eigenvalue weighted by molar-refractivity contribution is 1.27. The molecule has 0 aliphatic rings. The van der Waals surface area contributed by atoms with Crippen molar-refractivity contribution in [2.24, 2.45) is 0 Å². The topological polar surface area (TPSA) is 3.24 Å². The van der Waals surface area contributed by atoms with Gasteiger partial charge in [-0.1, -0.05) is 108 Å². The zero-order valence-corrected chi connectivity index (χ0v) is 20.2. The predicted molar refractivity (Wildman–Crippen MR) is 150 cm³/mol. The fourth-order valence-electron chi connectivity index (χ4n) is 4.29. The van der Waals surface area contributed by atoms with Gasteiger partial charge in [0.05, 0.1) is 0 Å². The van der Waals surface area contributed by atoms with Crippen LogP contribution in [-0.2, 0) is 0 Å². The van der Waals surface area contributed by atoms with Crippen molar-refractivity contribution in [1.82, 2.24) is 0 Å². The van der Waals surface area contributed by atoms with E-state index >= 15 is 0 Å². The van der Waals surface area contributed by atoms with E-state index in [-0.39, 0.29) is 0 Å². The Morgan fingerprint density at radius 1 is 0.457 bits per heavy atom. The fraction of sp³-hybridized carbons (Fsp3) is 0.0588. The van der Waals surface area contributed by atoms with Gasteiger partial charge >= 0.3 is 0 Å². The van der Waals surface area contributed by atoms with Crippen molar-refractivity contribution < 1.29 is 0 Å². The third-order valence-electron chi connectivity index (χ3n) is 6.22. The molecule has 1 heteroatoms. The predicted octanol–water partition coefficient (Wildman–Crippen LogP) is 9.36. The number of benzene rings is 5. The van der Waals surface area contributed by atoms with Gasteiger partial charge in [-0.3, -0.25) is 0 Å². The maximum atomic E-state index is 2.31. The molecule has 0 unspecified atom stereocenters. The molecule has 0 aliphatic carbocycles. The zero-order chi connectivity index (χ0) is 24.0. The number of rotatable bonds is 6. The summed E-state index contributed by atoms with van der Waals surface area (Å²) in [5.74, 6) is 0. The van der Waals surface area contributed by atoms with Crippen LogP contribution in [0.25, 0.3) is 11.6 Å². The number of nitrogens with zero attached hydrogens (tertiary/aromatic N) is 1. The molecule has 0 fully saturated rings. The Kier molecular flexibility index (Phi) is 6.59. The van der Waals surface area contributed by atoms with Crippen LogP contribution in [0.15, 0.2) is 133 Å². The van der Waals surface area contributed by atoms with Crippen LogP contribution < -0.4 is 4.90 Å². The molecule has 35 heavy (non-hydrogen) atoms. The standard InChI is InChI=1S/C34H29N/c1-26-13-19-31(20-14-26)35(32-21-15-27(2)16-22-32)33-23-17-30(18-24-33)34(29-11-7-4-8-12-29)25-28-9-5-3-6-10-28/h3-25H,1-2H3. The lowest BCUT2D eigenvalue weighted by atomic mass is 9.95. The molecule has 0 saturated carbocycles. The molecule has 1 nitrogen and oxygen atoms in total. The second kappa shape index (κ2) is 10.3. The van der Waals surface area contributed by atoms with Crippen LogP contribution in [-0.4, -0.2) is 0 Å². The Morgan fingerprint density at radius 3 is 1.34 bits per heavy atom. The van der Waals surface area contributed by atoms with Crippen molar-refractivity contribution in [3.05, 3.63) is 161 Å². The monoisotopic (exact) mass is 451 g/mol. The number of hydrogen-bond donors (Lipinski definition) is 0. The maximum absolute atomic E-state index is 2.31. The molecular weight excluding hydrogens is 422 g/mol. The summed E-state index contributed by atoms with van der Waals surface area (Å²) >= 11 is 0. The van der Waals surface area contributed by atoms with Gasteiger partial charge in [0.1, 0.15) is 0 Å². The summed E-state index contributed by atoms with van der Waals surface area (Å²) in [4.78, 5) is 2.31. The van der Waals surface area contributed by atoms with Crippen molar-refractivity contribution in [2.75, 3.05) is 4.90 Å². The molecule has 0 amide bonds. The summed E-state index contributed by atoms with van der Waals surface area (Å²) in [6, 6.07) is 47.4. The van der Waals surface area contributed by atoms with Gasteiger partial charge in [-0.15, -0.1) is 0 Å². The van der Waals surface area contributed by atoms with E-state index in [0.29, 0.717) is 0 Å². The first-order chi connectivity index (χ1) is 17.2. The number of aryl methyl sites for hydroxylation is 2. The smallest absolute Gasteiger partial charge is 0.0462 e. The van der Waals surface area contributed by atoms with Crippen LogP contribution in [0.5, 0.6) is 0 Å². The molecule has 0 spiro atoms. The second-order valence-corrected chi connectivity index (χ2v) is 8.89. The molecule has 0 aromatic heterocycles. The lowest BCUT2D eigenvalue weighted by Gasteiger charge is -2.26. The Labute approximate surface area is 208 Å². The normalized spacial score (nSPS) is 11.3. The largest absolute Gasteiger partial charge is 0.311 e. The molecule has 0 bridgehead atoms. The van der Waals surface area contributed by atoms with E-state index in [0.717, 1.165) is 17.1 Å². The Hall–Kier alpha value is -4.36. The molecule has 0 saturated heterocycles. The summed E-state index contributed by atoms with van der Waals surface area (Å²) in [7, 11) is 0. The highest BCUT2D eigenvalue weighted by Gasteiger charge is 2.13. The minimum absolute atomic E-state index is 1.13. The summed E-state index contributed by atoms with van der Waals surface area (Å²) < 4.78 is 0. The van der Waals surface area contributed by atoms with E-state index < -0.39 is 0 Å². The third kappa shape index (κ3) is 5.26. The third-order valence-corrected chi connectivity index (χ3v) is 6.22. The van der Waals surface area contributed by atoms with Crippen LogP contribution in [0.3, 0.4) is 0 Å². The first kappa shape index (κ1) is 22.4. The van der Waals surface area contributed by atoms with Gasteiger partial charge in [-0.05, 0) is 78.6 Å². The van der Waals surface area contributed by atoms with E-state index in [4.69, 9.17) is 0 Å². The van der Waals surface area contributed by atoms with E-state index in [1.165, 1.54) is 33.4 Å². The van der Waals surface area contributed by atoms with Crippen molar-refractivity contribution in [3.63, 3.8) is 0 Å². The summed E-state index contributed by atoms with van der Waals surface area (Å²) in [5.41, 5.74) is 10.7. The summed E-state index contributed by atoms with van der Waals surface area (Å²) in [6.45, 7) is 4.25. The van der Waals surface area contributed by atoms with Crippen LogP contribution in [0, 0.1) is 13.8 Å². The molecule has 5 rings (SSSR count). The summed E-state index contributed by atoms with van der Waals surface area (Å²) in [6.07, 6.45) is 2.27. The molecule has 5 aromatic rings. The van der Waals surface area contributed by atoms with Gasteiger partial charge in [0, 0.05) is 17.1 Å². The molecule has 0 N–H and O–H groups in total. The van der Waals surface area contributed by atoms with Crippen molar-refractivity contribution in [3.8, 4) is 0 Å². The van der Waals surface area contributed by atoms with Crippen LogP contribution in [0.1, 0.15) is 27.8 Å². The van der Waals surface area contributed by atoms with E-state index in [2.05, 4.69) is 158 Å².